The smallest absolute Gasteiger partial charge is 0.173 e. The predicted octanol–water partition coefficient (Wildman–Crippen LogP) is 3.46. The molecule has 1 aliphatic rings. The summed E-state index contributed by atoms with van der Waals surface area (Å²) in [6, 6.07) is 7.15. The molecular weight excluding hydrogens is 294 g/mol. The van der Waals surface area contributed by atoms with E-state index in [0.29, 0.717) is 16.9 Å². The monoisotopic (exact) mass is 307 g/mol. The van der Waals surface area contributed by atoms with Crippen molar-refractivity contribution in [2.45, 2.75) is 31.8 Å². The van der Waals surface area contributed by atoms with Crippen molar-refractivity contribution in [1.82, 2.24) is 0 Å². The second-order valence-electron chi connectivity index (χ2n) is 4.40. The maximum atomic E-state index is 11.5. The molecule has 0 spiro atoms. The lowest BCUT2D eigenvalue weighted by Gasteiger charge is -2.14. The molecule has 0 unspecified atom stereocenters. The number of nitriles is 1. The molecule has 2 rings (SSSR count). The third-order valence-electron chi connectivity index (χ3n) is 3.14. The number of rotatable bonds is 4. The van der Waals surface area contributed by atoms with Gasteiger partial charge in [-0.2, -0.15) is 5.26 Å². The van der Waals surface area contributed by atoms with Crippen LogP contribution >= 0.6 is 15.9 Å². The van der Waals surface area contributed by atoms with Crippen LogP contribution in [0.2, 0.25) is 0 Å². The Morgan fingerprint density at radius 1 is 1.44 bits per heavy atom. The number of halogens is 1. The third-order valence-corrected chi connectivity index (χ3v) is 3.65. The number of carbonyl (C=O) groups is 1. The van der Waals surface area contributed by atoms with Crippen LogP contribution in [-0.4, -0.2) is 17.2 Å². The van der Waals surface area contributed by atoms with Gasteiger partial charge in [0.2, 0.25) is 0 Å². The van der Waals surface area contributed by atoms with Gasteiger partial charge in [0, 0.05) is 5.56 Å². The van der Waals surface area contributed by atoms with Crippen LogP contribution in [0.5, 0.6) is 5.75 Å². The Morgan fingerprint density at radius 2 is 2.17 bits per heavy atom. The second kappa shape index (κ2) is 6.01. The van der Waals surface area contributed by atoms with E-state index in [-0.39, 0.29) is 17.2 Å². The average molecular weight is 308 g/mol. The first-order valence-electron chi connectivity index (χ1n) is 6.04. The summed E-state index contributed by atoms with van der Waals surface area (Å²) in [6.07, 6.45) is 4.69. The number of alkyl halides is 1. The number of carbonyl (C=O) groups excluding carboxylic acids is 1. The molecule has 0 atom stereocenters. The van der Waals surface area contributed by atoms with Crippen molar-refractivity contribution in [2.75, 3.05) is 5.33 Å². The molecule has 0 radical (unpaired) electrons. The lowest BCUT2D eigenvalue weighted by atomic mass is 10.1. The Kier molecular flexibility index (Phi) is 4.38. The van der Waals surface area contributed by atoms with Gasteiger partial charge >= 0.3 is 0 Å². The van der Waals surface area contributed by atoms with Gasteiger partial charge in [-0.1, -0.05) is 15.9 Å². The largest absolute Gasteiger partial charge is 0.489 e. The number of nitrogens with zero attached hydrogens (tertiary/aromatic N) is 1. The topological polar surface area (TPSA) is 50.1 Å². The van der Waals surface area contributed by atoms with E-state index in [9.17, 15) is 4.79 Å². The lowest BCUT2D eigenvalue weighted by molar-refractivity contribution is 0.102. The summed E-state index contributed by atoms with van der Waals surface area (Å²) in [7, 11) is 0. The Hall–Kier alpha value is -1.34. The Labute approximate surface area is 115 Å². The van der Waals surface area contributed by atoms with E-state index in [1.807, 2.05) is 0 Å². The highest BCUT2D eigenvalue weighted by Crippen LogP contribution is 2.27. The highest BCUT2D eigenvalue weighted by atomic mass is 79.9. The number of ether oxygens (including phenoxy) is 1. The zero-order valence-electron chi connectivity index (χ0n) is 9.99. The van der Waals surface area contributed by atoms with E-state index < -0.39 is 0 Å². The Balaban J connectivity index is 2.20. The van der Waals surface area contributed by atoms with Crippen LogP contribution in [0.15, 0.2) is 18.2 Å². The van der Waals surface area contributed by atoms with Gasteiger partial charge < -0.3 is 4.74 Å². The van der Waals surface area contributed by atoms with Gasteiger partial charge in [0.15, 0.2) is 5.78 Å². The van der Waals surface area contributed by atoms with E-state index in [0.717, 1.165) is 12.8 Å². The molecule has 0 aliphatic heterocycles. The van der Waals surface area contributed by atoms with Gasteiger partial charge in [-0.15, -0.1) is 0 Å². The summed E-state index contributed by atoms with van der Waals surface area (Å²) in [4.78, 5) is 11.5. The molecule has 0 N–H and O–H groups in total. The molecule has 0 aromatic heterocycles. The SMILES string of the molecule is N#Cc1cc(C(=O)CBr)ccc1OC1CCCC1. The first-order valence-corrected chi connectivity index (χ1v) is 7.16. The normalized spacial score (nSPS) is 15.3. The van der Waals surface area contributed by atoms with Crippen LogP contribution in [0.3, 0.4) is 0 Å². The van der Waals surface area contributed by atoms with Gasteiger partial charge in [0.25, 0.3) is 0 Å². The van der Waals surface area contributed by atoms with Crippen molar-refractivity contribution in [1.29, 1.82) is 5.26 Å². The second-order valence-corrected chi connectivity index (χ2v) is 4.96. The van der Waals surface area contributed by atoms with Crippen LogP contribution in [0.25, 0.3) is 0 Å². The van der Waals surface area contributed by atoms with Crippen LogP contribution in [0, 0.1) is 11.3 Å². The minimum atomic E-state index is -0.0288. The lowest BCUT2D eigenvalue weighted by Crippen LogP contribution is -2.12. The van der Waals surface area contributed by atoms with E-state index in [1.165, 1.54) is 12.8 Å². The van der Waals surface area contributed by atoms with Crippen LogP contribution in [-0.2, 0) is 0 Å². The van der Waals surface area contributed by atoms with Gasteiger partial charge in [-0.05, 0) is 43.9 Å². The zero-order valence-corrected chi connectivity index (χ0v) is 11.6. The Morgan fingerprint density at radius 3 is 2.78 bits per heavy atom. The molecule has 1 saturated carbocycles. The Bertz CT molecular complexity index is 487. The molecule has 94 valence electrons. The molecule has 0 saturated heterocycles. The van der Waals surface area contributed by atoms with Crippen molar-refractivity contribution < 1.29 is 9.53 Å². The first-order chi connectivity index (χ1) is 8.74. The summed E-state index contributed by atoms with van der Waals surface area (Å²) < 4.78 is 5.82. The van der Waals surface area contributed by atoms with E-state index in [1.54, 1.807) is 18.2 Å². The van der Waals surface area contributed by atoms with Crippen molar-refractivity contribution in [3.05, 3.63) is 29.3 Å². The minimum Gasteiger partial charge on any atom is -0.489 e. The molecule has 1 fully saturated rings. The maximum absolute atomic E-state index is 11.5. The maximum Gasteiger partial charge on any atom is 0.173 e. The van der Waals surface area contributed by atoms with Gasteiger partial charge in [-0.3, -0.25) is 4.79 Å². The van der Waals surface area contributed by atoms with Crippen LogP contribution in [0.4, 0.5) is 0 Å². The summed E-state index contributed by atoms with van der Waals surface area (Å²) in [5, 5.41) is 9.38. The number of benzene rings is 1. The highest BCUT2D eigenvalue weighted by Gasteiger charge is 2.18. The van der Waals surface area contributed by atoms with E-state index in [2.05, 4.69) is 22.0 Å². The summed E-state index contributed by atoms with van der Waals surface area (Å²) in [5.74, 6) is 0.564. The molecule has 18 heavy (non-hydrogen) atoms. The fraction of sp³-hybridized carbons (Fsp3) is 0.429. The first kappa shape index (κ1) is 13.1. The minimum absolute atomic E-state index is 0.0288. The van der Waals surface area contributed by atoms with E-state index >= 15 is 0 Å². The quantitative estimate of drug-likeness (QED) is 0.632. The molecule has 4 heteroatoms. The van der Waals surface area contributed by atoms with E-state index in [4.69, 9.17) is 10.00 Å². The number of Topliss-reactive ketones (excluding diaryl/α,β-unsaturated/α-hetero) is 1. The van der Waals surface area contributed by atoms with Crippen molar-refractivity contribution in [2.24, 2.45) is 0 Å². The van der Waals surface area contributed by atoms with Crippen molar-refractivity contribution >= 4 is 21.7 Å². The van der Waals surface area contributed by atoms with Gasteiger partial charge in [0.05, 0.1) is 17.0 Å². The molecule has 1 aromatic carbocycles. The number of hydrogen-bond acceptors (Lipinski definition) is 3. The van der Waals surface area contributed by atoms with Gasteiger partial charge in [0.1, 0.15) is 11.8 Å². The van der Waals surface area contributed by atoms with Gasteiger partial charge in [-0.25, -0.2) is 0 Å². The average Bonchev–Trinajstić information content (AvgIpc) is 2.91. The van der Waals surface area contributed by atoms with Crippen molar-refractivity contribution in [3.8, 4) is 11.8 Å². The standard InChI is InChI=1S/C14H14BrNO2/c15-8-13(17)10-5-6-14(11(7-10)9-16)18-12-3-1-2-4-12/h5-7,12H,1-4,8H2. The molecule has 0 amide bonds. The molecule has 1 aliphatic carbocycles. The summed E-state index contributed by atoms with van der Waals surface area (Å²) >= 11 is 3.12. The fourth-order valence-corrected chi connectivity index (χ4v) is 2.48. The molecule has 1 aromatic rings. The van der Waals surface area contributed by atoms with Crippen LogP contribution in [0.1, 0.15) is 41.6 Å². The number of ketones is 1. The highest BCUT2D eigenvalue weighted by molar-refractivity contribution is 9.09. The number of hydrogen-bond donors (Lipinski definition) is 0. The summed E-state index contributed by atoms with van der Waals surface area (Å²) in [6.45, 7) is 0. The molecule has 3 nitrogen and oxygen atoms in total. The summed E-state index contributed by atoms with van der Waals surface area (Å²) in [5.41, 5.74) is 0.982. The zero-order chi connectivity index (χ0) is 13.0. The van der Waals surface area contributed by atoms with Crippen LogP contribution < -0.4 is 4.74 Å². The molecule has 0 bridgehead atoms. The molecular formula is C14H14BrNO2. The fourth-order valence-electron chi connectivity index (χ4n) is 2.16. The molecule has 0 heterocycles. The predicted molar refractivity (Wildman–Crippen MR) is 72.2 cm³/mol. The third kappa shape index (κ3) is 2.91. The van der Waals surface area contributed by atoms with Crippen molar-refractivity contribution in [3.63, 3.8) is 0 Å².